The van der Waals surface area contributed by atoms with Crippen LogP contribution in [-0.4, -0.2) is 38.0 Å². The number of halogens is 1. The summed E-state index contributed by atoms with van der Waals surface area (Å²) in [5.41, 5.74) is 3.33. The van der Waals surface area contributed by atoms with Crippen molar-refractivity contribution in [1.82, 2.24) is 16.0 Å². The second-order valence-electron chi connectivity index (χ2n) is 6.61. The summed E-state index contributed by atoms with van der Waals surface area (Å²) in [7, 11) is 0. The molecule has 28 heavy (non-hydrogen) atoms. The molecule has 2 aromatic rings. The SMILES string of the molecule is CCNC(=NCc1ccc(N2CCNC(=O)C2)cc1)NCc1ccc(Cl)cc1. The molecule has 1 fully saturated rings. The highest BCUT2D eigenvalue weighted by Gasteiger charge is 2.16. The molecule has 0 aromatic heterocycles. The number of guanidine groups is 1. The van der Waals surface area contributed by atoms with Crippen molar-refractivity contribution in [3.05, 3.63) is 64.7 Å². The normalized spacial score (nSPS) is 14.6. The van der Waals surface area contributed by atoms with E-state index in [2.05, 4.69) is 50.1 Å². The summed E-state index contributed by atoms with van der Waals surface area (Å²) in [5.74, 6) is 0.844. The molecule has 148 valence electrons. The molecule has 6 nitrogen and oxygen atoms in total. The Balaban J connectivity index is 1.57. The lowest BCUT2D eigenvalue weighted by Gasteiger charge is -2.28. The Hall–Kier alpha value is -2.73. The molecule has 3 rings (SSSR count). The summed E-state index contributed by atoms with van der Waals surface area (Å²) in [5, 5.41) is 10.2. The van der Waals surface area contributed by atoms with Gasteiger partial charge >= 0.3 is 0 Å². The van der Waals surface area contributed by atoms with Crippen molar-refractivity contribution >= 4 is 29.2 Å². The van der Waals surface area contributed by atoms with Crippen LogP contribution >= 0.6 is 11.6 Å². The molecule has 1 aliphatic rings. The van der Waals surface area contributed by atoms with Gasteiger partial charge in [0.25, 0.3) is 0 Å². The molecule has 3 N–H and O–H groups in total. The van der Waals surface area contributed by atoms with Crippen LogP contribution in [-0.2, 0) is 17.9 Å². The van der Waals surface area contributed by atoms with Crippen LogP contribution in [0, 0.1) is 0 Å². The molecule has 1 amide bonds. The number of carbonyl (C=O) groups excluding carboxylic acids is 1. The molecule has 7 heteroatoms. The minimum atomic E-state index is 0.0713. The number of nitrogens with zero attached hydrogens (tertiary/aromatic N) is 2. The van der Waals surface area contributed by atoms with Crippen molar-refractivity contribution in [3.8, 4) is 0 Å². The van der Waals surface area contributed by atoms with Crippen LogP contribution in [0.25, 0.3) is 0 Å². The zero-order valence-electron chi connectivity index (χ0n) is 16.0. The monoisotopic (exact) mass is 399 g/mol. The maximum Gasteiger partial charge on any atom is 0.239 e. The van der Waals surface area contributed by atoms with E-state index in [0.717, 1.165) is 40.9 Å². The van der Waals surface area contributed by atoms with Crippen molar-refractivity contribution in [2.75, 3.05) is 31.1 Å². The van der Waals surface area contributed by atoms with E-state index < -0.39 is 0 Å². The Kier molecular flexibility index (Phi) is 7.14. The van der Waals surface area contributed by atoms with Gasteiger partial charge in [-0.15, -0.1) is 0 Å². The Labute approximate surface area is 171 Å². The number of hydrogen-bond donors (Lipinski definition) is 3. The number of aliphatic imine (C=N–C) groups is 1. The van der Waals surface area contributed by atoms with Crippen LogP contribution in [0.2, 0.25) is 5.02 Å². The van der Waals surface area contributed by atoms with E-state index >= 15 is 0 Å². The molecular weight excluding hydrogens is 374 g/mol. The number of nitrogens with one attached hydrogen (secondary N) is 3. The molecule has 0 aliphatic carbocycles. The largest absolute Gasteiger partial charge is 0.360 e. The summed E-state index contributed by atoms with van der Waals surface area (Å²) < 4.78 is 0. The smallest absolute Gasteiger partial charge is 0.239 e. The van der Waals surface area contributed by atoms with Gasteiger partial charge in [-0.05, 0) is 42.3 Å². The highest BCUT2D eigenvalue weighted by atomic mass is 35.5. The fourth-order valence-electron chi connectivity index (χ4n) is 2.97. The van der Waals surface area contributed by atoms with Crippen molar-refractivity contribution in [1.29, 1.82) is 0 Å². The third-order valence-corrected chi connectivity index (χ3v) is 4.73. The zero-order valence-corrected chi connectivity index (χ0v) is 16.8. The third kappa shape index (κ3) is 5.89. The van der Waals surface area contributed by atoms with E-state index in [4.69, 9.17) is 11.6 Å². The second kappa shape index (κ2) is 9.99. The molecule has 0 atom stereocenters. The number of hydrogen-bond acceptors (Lipinski definition) is 3. The molecule has 0 radical (unpaired) electrons. The van der Waals surface area contributed by atoms with Crippen LogP contribution in [0.1, 0.15) is 18.1 Å². The standard InChI is InChI=1S/C21H26ClN5O/c1-2-23-21(25-13-16-3-7-18(22)8-4-16)26-14-17-5-9-19(10-6-17)27-12-11-24-20(28)15-27/h3-10H,2,11-15H2,1H3,(H,24,28)(H2,23,25,26). The third-order valence-electron chi connectivity index (χ3n) is 4.48. The Morgan fingerprint density at radius 1 is 1.11 bits per heavy atom. The van der Waals surface area contributed by atoms with Crippen molar-refractivity contribution in [2.45, 2.75) is 20.0 Å². The Bertz CT molecular complexity index is 805. The topological polar surface area (TPSA) is 68.8 Å². The highest BCUT2D eigenvalue weighted by molar-refractivity contribution is 6.30. The summed E-state index contributed by atoms with van der Waals surface area (Å²) in [4.78, 5) is 18.3. The molecule has 0 unspecified atom stereocenters. The molecule has 1 aliphatic heterocycles. The van der Waals surface area contributed by atoms with Gasteiger partial charge in [0.05, 0.1) is 13.1 Å². The summed E-state index contributed by atoms with van der Waals surface area (Å²) in [6, 6.07) is 16.0. The van der Waals surface area contributed by atoms with Gasteiger partial charge in [-0.25, -0.2) is 4.99 Å². The Morgan fingerprint density at radius 3 is 2.50 bits per heavy atom. The quantitative estimate of drug-likeness (QED) is 0.515. The van der Waals surface area contributed by atoms with Gasteiger partial charge in [0, 0.05) is 36.9 Å². The van der Waals surface area contributed by atoms with Gasteiger partial charge in [-0.2, -0.15) is 0 Å². The minimum absolute atomic E-state index is 0.0713. The fourth-order valence-corrected chi connectivity index (χ4v) is 3.10. The van der Waals surface area contributed by atoms with Crippen LogP contribution in [0.4, 0.5) is 5.69 Å². The minimum Gasteiger partial charge on any atom is -0.360 e. The summed E-state index contributed by atoms with van der Waals surface area (Å²) in [6.07, 6.45) is 0. The first-order chi connectivity index (χ1) is 13.6. The molecular formula is C21H26ClN5O. The van der Waals surface area contributed by atoms with Gasteiger partial charge in [-0.3, -0.25) is 4.79 Å². The van der Waals surface area contributed by atoms with Gasteiger partial charge in [-0.1, -0.05) is 35.9 Å². The predicted molar refractivity (Wildman–Crippen MR) is 115 cm³/mol. The number of benzene rings is 2. The summed E-state index contributed by atoms with van der Waals surface area (Å²) in [6.45, 7) is 6.04. The van der Waals surface area contributed by atoms with Crippen molar-refractivity contribution < 1.29 is 4.79 Å². The number of anilines is 1. The van der Waals surface area contributed by atoms with Crippen molar-refractivity contribution in [2.24, 2.45) is 4.99 Å². The van der Waals surface area contributed by atoms with Gasteiger partial charge in [0.2, 0.25) is 5.91 Å². The molecule has 2 aromatic carbocycles. The van der Waals surface area contributed by atoms with E-state index in [-0.39, 0.29) is 5.91 Å². The number of rotatable bonds is 6. The van der Waals surface area contributed by atoms with Crippen LogP contribution in [0.5, 0.6) is 0 Å². The predicted octanol–water partition coefficient (Wildman–Crippen LogP) is 2.53. The highest BCUT2D eigenvalue weighted by Crippen LogP contribution is 2.16. The lowest BCUT2D eigenvalue weighted by molar-refractivity contribution is -0.120. The maximum atomic E-state index is 11.5. The summed E-state index contributed by atoms with van der Waals surface area (Å²) >= 11 is 5.93. The molecule has 0 spiro atoms. The van der Waals surface area contributed by atoms with Gasteiger partial charge < -0.3 is 20.9 Å². The van der Waals surface area contributed by atoms with E-state index in [9.17, 15) is 4.79 Å². The Morgan fingerprint density at radius 2 is 1.82 bits per heavy atom. The van der Waals surface area contributed by atoms with Gasteiger partial charge in [0.1, 0.15) is 0 Å². The van der Waals surface area contributed by atoms with Crippen LogP contribution < -0.4 is 20.9 Å². The first-order valence-electron chi connectivity index (χ1n) is 9.51. The number of carbonyl (C=O) groups is 1. The van der Waals surface area contributed by atoms with E-state index in [1.807, 2.05) is 31.2 Å². The fraction of sp³-hybridized carbons (Fsp3) is 0.333. The average molecular weight is 400 g/mol. The second-order valence-corrected chi connectivity index (χ2v) is 7.05. The van der Waals surface area contributed by atoms with E-state index in [0.29, 0.717) is 26.2 Å². The average Bonchev–Trinajstić information content (AvgIpc) is 2.72. The first kappa shape index (κ1) is 20.0. The first-order valence-corrected chi connectivity index (χ1v) is 9.89. The van der Waals surface area contributed by atoms with Crippen molar-refractivity contribution in [3.63, 3.8) is 0 Å². The lowest BCUT2D eigenvalue weighted by atomic mass is 10.2. The van der Waals surface area contributed by atoms with Crippen LogP contribution in [0.15, 0.2) is 53.5 Å². The molecule has 1 saturated heterocycles. The van der Waals surface area contributed by atoms with E-state index in [1.165, 1.54) is 0 Å². The van der Waals surface area contributed by atoms with E-state index in [1.54, 1.807) is 0 Å². The zero-order chi connectivity index (χ0) is 19.8. The maximum absolute atomic E-state index is 11.5. The molecule has 0 saturated carbocycles. The number of amides is 1. The molecule has 0 bridgehead atoms. The lowest BCUT2D eigenvalue weighted by Crippen LogP contribution is -2.47. The molecule has 1 heterocycles. The van der Waals surface area contributed by atoms with Gasteiger partial charge in [0.15, 0.2) is 5.96 Å². The number of piperazine rings is 1. The van der Waals surface area contributed by atoms with Crippen LogP contribution in [0.3, 0.4) is 0 Å².